The zero-order valence-corrected chi connectivity index (χ0v) is 11.3. The van der Waals surface area contributed by atoms with Crippen LogP contribution >= 0.6 is 0 Å². The lowest BCUT2D eigenvalue weighted by atomic mass is 9.91. The number of aryl methyl sites for hydroxylation is 1. The molecular formula is C16H26O. The van der Waals surface area contributed by atoms with E-state index in [4.69, 9.17) is 0 Å². The van der Waals surface area contributed by atoms with E-state index in [1.54, 1.807) is 0 Å². The number of hydrogen-bond donors (Lipinski definition) is 1. The number of aliphatic hydroxyl groups is 1. The first kappa shape index (κ1) is 14.2. The van der Waals surface area contributed by atoms with Crippen molar-refractivity contribution in [1.29, 1.82) is 0 Å². The van der Waals surface area contributed by atoms with Crippen molar-refractivity contribution in [3.8, 4) is 0 Å². The lowest BCUT2D eigenvalue weighted by Gasteiger charge is -2.23. The summed E-state index contributed by atoms with van der Waals surface area (Å²) in [4.78, 5) is 0. The van der Waals surface area contributed by atoms with Crippen LogP contribution in [-0.4, -0.2) is 10.7 Å². The fraction of sp³-hybridized carbons (Fsp3) is 0.625. The first-order chi connectivity index (χ1) is 8.14. The van der Waals surface area contributed by atoms with Crippen molar-refractivity contribution in [3.63, 3.8) is 0 Å². The zero-order chi connectivity index (χ0) is 12.6. The second kappa shape index (κ2) is 7.50. The molecule has 17 heavy (non-hydrogen) atoms. The third kappa shape index (κ3) is 6.48. The molecule has 0 radical (unpaired) electrons. The molecule has 0 aliphatic heterocycles. The van der Waals surface area contributed by atoms with E-state index in [1.165, 1.54) is 18.4 Å². The van der Waals surface area contributed by atoms with Gasteiger partial charge in [-0.3, -0.25) is 0 Å². The molecule has 1 N–H and O–H groups in total. The van der Waals surface area contributed by atoms with Gasteiger partial charge in [0.05, 0.1) is 5.60 Å². The Morgan fingerprint density at radius 1 is 1.00 bits per heavy atom. The standard InChI is InChI=1S/C16H26O/c1-3-4-8-13-16(2,17)14-9-12-15-10-6-5-7-11-15/h5-7,10-11,17H,3-4,8-9,12-14H2,1-2H3. The van der Waals surface area contributed by atoms with Crippen LogP contribution in [0.1, 0.15) is 57.9 Å². The van der Waals surface area contributed by atoms with Gasteiger partial charge in [-0.25, -0.2) is 0 Å². The van der Waals surface area contributed by atoms with Crippen LogP contribution in [0.3, 0.4) is 0 Å². The van der Waals surface area contributed by atoms with Crippen molar-refractivity contribution in [2.45, 2.75) is 64.4 Å². The predicted octanol–water partition coefficient (Wildman–Crippen LogP) is 4.34. The van der Waals surface area contributed by atoms with E-state index in [0.29, 0.717) is 0 Å². The van der Waals surface area contributed by atoms with Crippen LogP contribution in [0.2, 0.25) is 0 Å². The van der Waals surface area contributed by atoms with Crippen molar-refractivity contribution in [2.75, 3.05) is 0 Å². The van der Waals surface area contributed by atoms with E-state index in [1.807, 2.05) is 13.0 Å². The summed E-state index contributed by atoms with van der Waals surface area (Å²) < 4.78 is 0. The van der Waals surface area contributed by atoms with Gasteiger partial charge in [-0.2, -0.15) is 0 Å². The summed E-state index contributed by atoms with van der Waals surface area (Å²) in [6.45, 7) is 4.18. The molecule has 0 amide bonds. The van der Waals surface area contributed by atoms with E-state index in [9.17, 15) is 5.11 Å². The van der Waals surface area contributed by atoms with Crippen molar-refractivity contribution in [3.05, 3.63) is 35.9 Å². The maximum atomic E-state index is 10.2. The number of unbranched alkanes of at least 4 members (excludes halogenated alkanes) is 2. The Bertz CT molecular complexity index is 290. The van der Waals surface area contributed by atoms with Gasteiger partial charge in [0, 0.05) is 0 Å². The Morgan fingerprint density at radius 2 is 1.65 bits per heavy atom. The third-order valence-electron chi connectivity index (χ3n) is 3.34. The molecule has 0 aliphatic carbocycles. The van der Waals surface area contributed by atoms with Crippen LogP contribution in [0.15, 0.2) is 30.3 Å². The van der Waals surface area contributed by atoms with Crippen LogP contribution in [0, 0.1) is 0 Å². The number of rotatable bonds is 8. The van der Waals surface area contributed by atoms with Gasteiger partial charge in [-0.05, 0) is 38.2 Å². The van der Waals surface area contributed by atoms with Crippen LogP contribution in [0.4, 0.5) is 0 Å². The normalized spacial score (nSPS) is 14.5. The van der Waals surface area contributed by atoms with Crippen molar-refractivity contribution < 1.29 is 5.11 Å². The Balaban J connectivity index is 2.20. The fourth-order valence-electron chi connectivity index (χ4n) is 2.20. The summed E-state index contributed by atoms with van der Waals surface area (Å²) >= 11 is 0. The molecule has 1 unspecified atom stereocenters. The average Bonchev–Trinajstić information content (AvgIpc) is 2.30. The minimum absolute atomic E-state index is 0.468. The smallest absolute Gasteiger partial charge is 0.0619 e. The highest BCUT2D eigenvalue weighted by atomic mass is 16.3. The summed E-state index contributed by atoms with van der Waals surface area (Å²) in [7, 11) is 0. The summed E-state index contributed by atoms with van der Waals surface area (Å²) in [5, 5.41) is 10.2. The minimum Gasteiger partial charge on any atom is -0.390 e. The summed E-state index contributed by atoms with van der Waals surface area (Å²) in [5.74, 6) is 0. The molecule has 1 aromatic carbocycles. The maximum absolute atomic E-state index is 10.2. The van der Waals surface area contributed by atoms with E-state index in [2.05, 4.69) is 31.2 Å². The maximum Gasteiger partial charge on any atom is 0.0619 e. The van der Waals surface area contributed by atoms with Gasteiger partial charge in [0.25, 0.3) is 0 Å². The van der Waals surface area contributed by atoms with E-state index in [-0.39, 0.29) is 0 Å². The zero-order valence-electron chi connectivity index (χ0n) is 11.3. The molecule has 1 nitrogen and oxygen atoms in total. The quantitative estimate of drug-likeness (QED) is 0.663. The Hall–Kier alpha value is -0.820. The summed E-state index contributed by atoms with van der Waals surface area (Å²) in [6.07, 6.45) is 7.60. The highest BCUT2D eigenvalue weighted by Crippen LogP contribution is 2.21. The largest absolute Gasteiger partial charge is 0.390 e. The highest BCUT2D eigenvalue weighted by molar-refractivity contribution is 5.14. The molecular weight excluding hydrogens is 208 g/mol. The second-order valence-corrected chi connectivity index (χ2v) is 5.29. The van der Waals surface area contributed by atoms with Gasteiger partial charge in [0.15, 0.2) is 0 Å². The Morgan fingerprint density at radius 3 is 2.29 bits per heavy atom. The van der Waals surface area contributed by atoms with E-state index >= 15 is 0 Å². The van der Waals surface area contributed by atoms with Gasteiger partial charge in [0.1, 0.15) is 0 Å². The molecule has 0 aromatic heterocycles. The number of benzene rings is 1. The number of hydrogen-bond acceptors (Lipinski definition) is 1. The average molecular weight is 234 g/mol. The molecule has 0 fully saturated rings. The lowest BCUT2D eigenvalue weighted by molar-refractivity contribution is 0.0375. The van der Waals surface area contributed by atoms with Gasteiger partial charge in [-0.1, -0.05) is 56.5 Å². The van der Waals surface area contributed by atoms with Crippen LogP contribution in [-0.2, 0) is 6.42 Å². The minimum atomic E-state index is -0.468. The molecule has 0 spiro atoms. The molecule has 0 aliphatic rings. The third-order valence-corrected chi connectivity index (χ3v) is 3.34. The SMILES string of the molecule is CCCCCC(C)(O)CCCc1ccccc1. The van der Waals surface area contributed by atoms with Gasteiger partial charge < -0.3 is 5.11 Å². The highest BCUT2D eigenvalue weighted by Gasteiger charge is 2.18. The molecule has 1 rings (SSSR count). The Labute approximate surface area is 106 Å². The molecule has 96 valence electrons. The van der Waals surface area contributed by atoms with Crippen molar-refractivity contribution in [1.82, 2.24) is 0 Å². The van der Waals surface area contributed by atoms with Crippen LogP contribution < -0.4 is 0 Å². The first-order valence-electron chi connectivity index (χ1n) is 6.90. The fourth-order valence-corrected chi connectivity index (χ4v) is 2.20. The molecule has 1 atom stereocenters. The molecule has 0 saturated heterocycles. The molecule has 0 bridgehead atoms. The summed E-state index contributed by atoms with van der Waals surface area (Å²) in [5.41, 5.74) is 0.904. The molecule has 0 heterocycles. The van der Waals surface area contributed by atoms with Crippen LogP contribution in [0.5, 0.6) is 0 Å². The lowest BCUT2D eigenvalue weighted by Crippen LogP contribution is -2.23. The monoisotopic (exact) mass is 234 g/mol. The topological polar surface area (TPSA) is 20.2 Å². The molecule has 1 aromatic rings. The molecule has 0 saturated carbocycles. The van der Waals surface area contributed by atoms with Crippen molar-refractivity contribution in [2.24, 2.45) is 0 Å². The molecule has 1 heteroatoms. The summed E-state index contributed by atoms with van der Waals surface area (Å²) in [6, 6.07) is 10.5. The van der Waals surface area contributed by atoms with Crippen LogP contribution in [0.25, 0.3) is 0 Å². The Kier molecular flexibility index (Phi) is 6.28. The van der Waals surface area contributed by atoms with E-state index < -0.39 is 5.60 Å². The van der Waals surface area contributed by atoms with Gasteiger partial charge in [0.2, 0.25) is 0 Å². The predicted molar refractivity (Wildman–Crippen MR) is 74.1 cm³/mol. The first-order valence-corrected chi connectivity index (χ1v) is 6.90. The van der Waals surface area contributed by atoms with Gasteiger partial charge >= 0.3 is 0 Å². The van der Waals surface area contributed by atoms with E-state index in [0.717, 1.165) is 32.1 Å². The van der Waals surface area contributed by atoms with Gasteiger partial charge in [-0.15, -0.1) is 0 Å². The second-order valence-electron chi connectivity index (χ2n) is 5.29. The van der Waals surface area contributed by atoms with Crippen molar-refractivity contribution >= 4 is 0 Å².